The molecule has 0 unspecified atom stereocenters. The molecule has 0 saturated heterocycles. The molecule has 0 aliphatic rings. The van der Waals surface area contributed by atoms with Crippen molar-refractivity contribution in [2.45, 2.75) is 35.1 Å². The molecule has 0 heterocycles. The van der Waals surface area contributed by atoms with E-state index in [4.69, 9.17) is 15.3 Å². The van der Waals surface area contributed by atoms with E-state index in [2.05, 4.69) is 31.4 Å². The molecule has 0 bridgehead atoms. The van der Waals surface area contributed by atoms with Crippen molar-refractivity contribution in [2.75, 3.05) is 6.54 Å². The minimum absolute atomic E-state index is 0.120. The van der Waals surface area contributed by atoms with E-state index in [9.17, 15) is 0 Å². The Hall–Kier alpha value is 0.359. The Bertz CT molecular complexity index is 149. The molecule has 3 nitrogen and oxygen atoms in total. The number of rotatable bonds is 6. The molecule has 0 saturated carbocycles. The minimum Gasteiger partial charge on any atom is -0.220 e. The summed E-state index contributed by atoms with van der Waals surface area (Å²) >= 11 is 7.30. The van der Waals surface area contributed by atoms with Crippen molar-refractivity contribution in [1.29, 1.82) is 0 Å². The minimum atomic E-state index is 0.120. The summed E-state index contributed by atoms with van der Waals surface area (Å²) in [6.07, 6.45) is 4.07. The van der Waals surface area contributed by atoms with Crippen LogP contribution in [0.3, 0.4) is 0 Å². The number of hydrogen-bond acceptors (Lipinski definition) is 5. The van der Waals surface area contributed by atoms with Gasteiger partial charge in [-0.3, -0.25) is 0 Å². The molecule has 0 aliphatic carbocycles. The molecule has 2 N–H and O–H groups in total. The number of thiocarbonyl (C=S) groups is 2. The summed E-state index contributed by atoms with van der Waals surface area (Å²) in [4.78, 5) is 17.0. The molecule has 0 atom stereocenters. The standard InChI is InChI=1S/C5H12N.C2H5.2COS.Sn/c1-2-3-4-5-6;1-2;2*2-1-3;/h1-6H2;1H2,2H3;;;. The summed E-state index contributed by atoms with van der Waals surface area (Å²) in [6, 6.07) is 0. The predicted molar refractivity (Wildman–Crippen MR) is 70.5 cm³/mol. The normalized spacial score (nSPS) is 7.07. The van der Waals surface area contributed by atoms with Crippen LogP contribution in [-0.2, 0) is 9.59 Å². The van der Waals surface area contributed by atoms with Crippen LogP contribution in [0.1, 0.15) is 26.2 Å². The van der Waals surface area contributed by atoms with Gasteiger partial charge in [-0.2, -0.15) is 0 Å². The maximum absolute atomic E-state index is 8.50. The summed E-state index contributed by atoms with van der Waals surface area (Å²) < 4.78 is 3.08. The zero-order valence-electron chi connectivity index (χ0n) is 8.95. The molecular formula is C9H17NO2S2Sn. The quantitative estimate of drug-likeness (QED) is 0.450. The van der Waals surface area contributed by atoms with Crippen LogP contribution in [0, 0.1) is 0 Å². The van der Waals surface area contributed by atoms with Crippen molar-refractivity contribution in [1.82, 2.24) is 0 Å². The van der Waals surface area contributed by atoms with E-state index in [-0.39, 0.29) is 21.1 Å². The fourth-order valence-corrected chi connectivity index (χ4v) is 3.18. The maximum atomic E-state index is 8.50. The first-order valence-corrected chi connectivity index (χ1v) is 9.49. The van der Waals surface area contributed by atoms with Crippen molar-refractivity contribution < 1.29 is 9.59 Å². The number of nitrogens with two attached hydrogens (primary N) is 1. The summed E-state index contributed by atoms with van der Waals surface area (Å²) in [6.45, 7) is 3.20. The Morgan fingerprint density at radius 2 is 1.60 bits per heavy atom. The summed E-state index contributed by atoms with van der Waals surface area (Å²) in [5.41, 5.74) is 5.36. The number of unbranched alkanes of at least 4 members (excludes halogenated alkanes) is 2. The second-order valence-electron chi connectivity index (χ2n) is 2.37. The maximum Gasteiger partial charge on any atom is 0.202 e. The van der Waals surface area contributed by atoms with Crippen molar-refractivity contribution in [3.05, 3.63) is 0 Å². The van der Waals surface area contributed by atoms with Crippen LogP contribution in [0.25, 0.3) is 0 Å². The largest absolute Gasteiger partial charge is 0.220 e. The van der Waals surface area contributed by atoms with Crippen LogP contribution in [0.5, 0.6) is 0 Å². The van der Waals surface area contributed by atoms with Crippen molar-refractivity contribution in [2.24, 2.45) is 5.73 Å². The first kappa shape index (κ1) is 20.7. The van der Waals surface area contributed by atoms with E-state index in [0.29, 0.717) is 0 Å². The van der Waals surface area contributed by atoms with Gasteiger partial charge in [0.25, 0.3) is 0 Å². The molecular weight excluding hydrogens is 337 g/mol. The molecule has 0 aromatic carbocycles. The number of carbonyl (C=O) groups excluding carboxylic acids is 2. The van der Waals surface area contributed by atoms with E-state index < -0.39 is 0 Å². The van der Waals surface area contributed by atoms with Gasteiger partial charge >= 0.3 is 68.5 Å². The summed E-state index contributed by atoms with van der Waals surface area (Å²) in [7, 11) is 0. The van der Waals surface area contributed by atoms with Gasteiger partial charge in [0.2, 0.25) is 10.5 Å². The molecule has 0 aliphatic heterocycles. The van der Waals surface area contributed by atoms with Gasteiger partial charge in [0.1, 0.15) is 0 Å². The molecule has 0 aromatic rings. The van der Waals surface area contributed by atoms with Crippen molar-refractivity contribution in [3.8, 4) is 0 Å². The van der Waals surface area contributed by atoms with E-state index in [0.717, 1.165) is 17.0 Å². The molecule has 15 heavy (non-hydrogen) atoms. The Balaban J connectivity index is -0.000000200. The number of hydrogen-bond donors (Lipinski definition) is 1. The van der Waals surface area contributed by atoms with Crippen LogP contribution in [-0.4, -0.2) is 38.2 Å². The van der Waals surface area contributed by atoms with Gasteiger partial charge in [-0.15, -0.1) is 0 Å². The second kappa shape index (κ2) is 29.3. The fourth-order valence-electron chi connectivity index (χ4n) is 0.748. The molecule has 0 spiro atoms. The molecule has 86 valence electrons. The molecule has 0 fully saturated rings. The zero-order valence-corrected chi connectivity index (χ0v) is 13.4. The molecule has 0 rings (SSSR count). The van der Waals surface area contributed by atoms with Gasteiger partial charge in [0.05, 0.1) is 0 Å². The fraction of sp³-hybridized carbons (Fsp3) is 0.778. The van der Waals surface area contributed by atoms with Crippen LogP contribution in [0.15, 0.2) is 0 Å². The molecule has 0 amide bonds. The third kappa shape index (κ3) is 54.2. The monoisotopic (exact) mass is 355 g/mol. The Morgan fingerprint density at radius 3 is 1.93 bits per heavy atom. The molecule has 6 heteroatoms. The van der Waals surface area contributed by atoms with E-state index in [1.165, 1.54) is 23.7 Å². The van der Waals surface area contributed by atoms with Gasteiger partial charge in [-0.25, -0.2) is 9.59 Å². The van der Waals surface area contributed by atoms with Gasteiger partial charge in [-0.1, -0.05) is 0 Å². The first-order valence-electron chi connectivity index (χ1n) is 4.64. The van der Waals surface area contributed by atoms with Crippen LogP contribution in [0.4, 0.5) is 0 Å². The third-order valence-corrected chi connectivity index (χ3v) is 4.75. The molecule has 0 aromatic heterocycles. The third-order valence-electron chi connectivity index (χ3n) is 1.31. The second-order valence-corrected chi connectivity index (χ2v) is 7.58. The Morgan fingerprint density at radius 1 is 1.13 bits per heavy atom. The van der Waals surface area contributed by atoms with Gasteiger partial charge < -0.3 is 0 Å². The van der Waals surface area contributed by atoms with E-state index in [1.54, 1.807) is 4.44 Å². The Kier molecular flexibility index (Phi) is 40.4. The SMILES string of the molecule is C[CH2][Sn][CH2]CCCCN.O=C=S.O=C=S. The predicted octanol–water partition coefficient (Wildman–Crippen LogP) is 2.18. The topological polar surface area (TPSA) is 60.2 Å². The average Bonchev–Trinajstić information content (AvgIpc) is 2.20. The van der Waals surface area contributed by atoms with Gasteiger partial charge in [0.15, 0.2) is 0 Å². The zero-order chi connectivity index (χ0) is 12.4. The molecule has 2 radical (unpaired) electrons. The smallest absolute Gasteiger partial charge is 0.202 e. The van der Waals surface area contributed by atoms with E-state index >= 15 is 0 Å². The van der Waals surface area contributed by atoms with Gasteiger partial charge in [-0.05, 0) is 0 Å². The Labute approximate surface area is 112 Å². The van der Waals surface area contributed by atoms with Crippen LogP contribution < -0.4 is 5.73 Å². The van der Waals surface area contributed by atoms with Crippen molar-refractivity contribution in [3.63, 3.8) is 0 Å². The van der Waals surface area contributed by atoms with E-state index in [1.807, 2.05) is 0 Å². The van der Waals surface area contributed by atoms with Crippen LogP contribution >= 0.6 is 24.4 Å². The van der Waals surface area contributed by atoms with Crippen molar-refractivity contribution >= 4 is 56.0 Å². The van der Waals surface area contributed by atoms with Gasteiger partial charge in [0, 0.05) is 24.4 Å². The first-order chi connectivity index (χ1) is 7.24. The van der Waals surface area contributed by atoms with Crippen LogP contribution in [0.2, 0.25) is 8.87 Å². The average molecular weight is 354 g/mol. The summed E-state index contributed by atoms with van der Waals surface area (Å²) in [5, 5.41) is 2.17. The summed E-state index contributed by atoms with van der Waals surface area (Å²) in [5.74, 6) is 0.